The highest BCUT2D eigenvalue weighted by Crippen LogP contribution is 2.31. The summed E-state index contributed by atoms with van der Waals surface area (Å²) in [6.07, 6.45) is 0.794. The lowest BCUT2D eigenvalue weighted by Crippen LogP contribution is -2.44. The molecular formula is C27H31BrN6O3. The van der Waals surface area contributed by atoms with Crippen molar-refractivity contribution in [2.75, 3.05) is 57.1 Å². The number of H-pyrrole nitrogens is 2. The fourth-order valence-electron chi connectivity index (χ4n) is 4.71. The molecule has 0 saturated carbocycles. The Kier molecular flexibility index (Phi) is 7.23. The van der Waals surface area contributed by atoms with Crippen LogP contribution in [-0.2, 0) is 0 Å². The van der Waals surface area contributed by atoms with Crippen LogP contribution in [0.25, 0.3) is 22.4 Å². The number of aliphatic hydroxyl groups is 1. The number of aromatic amines is 2. The number of piperazine rings is 1. The number of rotatable bonds is 7. The number of halogens is 1. The van der Waals surface area contributed by atoms with Crippen LogP contribution in [-0.4, -0.2) is 71.8 Å². The molecule has 37 heavy (non-hydrogen) atoms. The van der Waals surface area contributed by atoms with Gasteiger partial charge in [0.15, 0.2) is 0 Å². The van der Waals surface area contributed by atoms with Crippen LogP contribution >= 0.6 is 15.9 Å². The Balaban J connectivity index is 1.42. The number of methoxy groups -OCH3 is 1. The van der Waals surface area contributed by atoms with Gasteiger partial charge >= 0.3 is 0 Å². The molecule has 4 aromatic rings. The maximum Gasteiger partial charge on any atom is 0.261 e. The van der Waals surface area contributed by atoms with Crippen molar-refractivity contribution in [2.24, 2.45) is 0 Å². The van der Waals surface area contributed by atoms with E-state index in [9.17, 15) is 9.90 Å². The molecule has 0 radical (unpaired) electrons. The molecule has 0 aliphatic carbocycles. The SMILES string of the molecule is COc1ccc([C@H](O)CNc2cc[nH]c(=O)c2-c2nc3c(C)cc(N4CCN(C)CC4)cc3[nH]2)cc1Br. The van der Waals surface area contributed by atoms with Gasteiger partial charge in [-0.15, -0.1) is 0 Å². The summed E-state index contributed by atoms with van der Waals surface area (Å²) < 4.78 is 6.03. The zero-order valence-corrected chi connectivity index (χ0v) is 22.7. The van der Waals surface area contributed by atoms with Crippen LogP contribution in [0.2, 0.25) is 0 Å². The van der Waals surface area contributed by atoms with Crippen LogP contribution in [0.4, 0.5) is 11.4 Å². The lowest BCUT2D eigenvalue weighted by Gasteiger charge is -2.34. The maximum absolute atomic E-state index is 12.9. The number of likely N-dealkylation sites (N-methyl/N-ethyl adjacent to an activating group) is 1. The molecule has 3 heterocycles. The number of ether oxygens (including phenoxy) is 1. The van der Waals surface area contributed by atoms with Gasteiger partial charge in [0, 0.05) is 44.6 Å². The van der Waals surface area contributed by atoms with Gasteiger partial charge in [-0.05, 0) is 71.4 Å². The molecule has 0 amide bonds. The fourth-order valence-corrected chi connectivity index (χ4v) is 5.27. The minimum Gasteiger partial charge on any atom is -0.496 e. The number of hydrogen-bond acceptors (Lipinski definition) is 7. The first-order valence-corrected chi connectivity index (χ1v) is 13.0. The number of aliphatic hydroxyl groups excluding tert-OH is 1. The molecule has 10 heteroatoms. The molecule has 2 aromatic carbocycles. The molecule has 1 atom stereocenters. The third kappa shape index (κ3) is 5.22. The predicted molar refractivity (Wildman–Crippen MR) is 151 cm³/mol. The Hall–Kier alpha value is -3.34. The summed E-state index contributed by atoms with van der Waals surface area (Å²) in [5.74, 6) is 1.18. The number of benzene rings is 2. The van der Waals surface area contributed by atoms with Gasteiger partial charge in [0.2, 0.25) is 0 Å². The van der Waals surface area contributed by atoms with Gasteiger partial charge in [0.05, 0.1) is 34.4 Å². The highest BCUT2D eigenvalue weighted by molar-refractivity contribution is 9.10. The summed E-state index contributed by atoms with van der Waals surface area (Å²) in [6.45, 7) is 6.26. The first kappa shape index (κ1) is 25.3. The largest absolute Gasteiger partial charge is 0.496 e. The molecule has 1 fully saturated rings. The van der Waals surface area contributed by atoms with Crippen LogP contribution in [0.5, 0.6) is 5.75 Å². The Morgan fingerprint density at radius 3 is 2.70 bits per heavy atom. The van der Waals surface area contributed by atoms with Crippen LogP contribution in [0.1, 0.15) is 17.2 Å². The van der Waals surface area contributed by atoms with Crippen LogP contribution < -0.4 is 20.5 Å². The number of aryl methyl sites for hydroxylation is 1. The van der Waals surface area contributed by atoms with Crippen molar-refractivity contribution in [3.63, 3.8) is 0 Å². The van der Waals surface area contributed by atoms with E-state index >= 15 is 0 Å². The first-order valence-electron chi connectivity index (χ1n) is 12.3. The first-order chi connectivity index (χ1) is 17.8. The summed E-state index contributed by atoms with van der Waals surface area (Å²) in [7, 11) is 3.74. The molecule has 0 bridgehead atoms. The van der Waals surface area contributed by atoms with Crippen molar-refractivity contribution in [3.05, 3.63) is 68.5 Å². The minimum atomic E-state index is -0.793. The van der Waals surface area contributed by atoms with Crippen LogP contribution in [0.3, 0.4) is 0 Å². The van der Waals surface area contributed by atoms with E-state index in [0.29, 0.717) is 22.8 Å². The van der Waals surface area contributed by atoms with E-state index in [1.807, 2.05) is 19.1 Å². The minimum absolute atomic E-state index is 0.210. The highest BCUT2D eigenvalue weighted by Gasteiger charge is 2.19. The normalized spacial score (nSPS) is 15.2. The van der Waals surface area contributed by atoms with Gasteiger partial charge in [-0.25, -0.2) is 4.98 Å². The number of pyridine rings is 1. The summed E-state index contributed by atoms with van der Waals surface area (Å²) in [6, 6.07) is 11.5. The zero-order valence-electron chi connectivity index (χ0n) is 21.1. The Bertz CT molecular complexity index is 1480. The average Bonchev–Trinajstić information content (AvgIpc) is 3.32. The predicted octanol–water partition coefficient (Wildman–Crippen LogP) is 3.90. The van der Waals surface area contributed by atoms with E-state index in [-0.39, 0.29) is 12.1 Å². The Morgan fingerprint density at radius 1 is 1.19 bits per heavy atom. The number of aromatic nitrogens is 3. The van der Waals surface area contributed by atoms with Crippen LogP contribution in [0, 0.1) is 6.92 Å². The third-order valence-corrected chi connectivity index (χ3v) is 7.49. The van der Waals surface area contributed by atoms with Crippen molar-refractivity contribution in [3.8, 4) is 17.1 Å². The van der Waals surface area contributed by atoms with E-state index in [4.69, 9.17) is 9.72 Å². The van der Waals surface area contributed by atoms with Gasteiger partial charge in [-0.3, -0.25) is 4.79 Å². The summed E-state index contributed by atoms with van der Waals surface area (Å²) in [4.78, 5) is 28.6. The van der Waals surface area contributed by atoms with Gasteiger partial charge in [0.1, 0.15) is 17.1 Å². The number of fused-ring (bicyclic) bond motifs is 1. The third-order valence-electron chi connectivity index (χ3n) is 6.87. The molecular weight excluding hydrogens is 536 g/mol. The average molecular weight is 567 g/mol. The standard InChI is InChI=1S/C27H31BrN6O3/c1-16-12-18(34-10-8-33(2)9-11-34)14-21-25(16)32-26(31-21)24-20(6-7-29-27(24)36)30-15-22(35)17-4-5-23(37-3)19(28)13-17/h4-7,12-14,22,35H,8-11,15H2,1-3H3,(H,31,32)(H2,29,30,36)/t22-/m1/s1. The number of imidazole rings is 1. The van der Waals surface area contributed by atoms with E-state index in [2.05, 4.69) is 60.2 Å². The van der Waals surface area contributed by atoms with Gasteiger partial charge in [0.25, 0.3) is 5.56 Å². The number of anilines is 2. The lowest BCUT2D eigenvalue weighted by atomic mass is 10.1. The summed E-state index contributed by atoms with van der Waals surface area (Å²) in [5.41, 5.74) is 5.39. The highest BCUT2D eigenvalue weighted by atomic mass is 79.9. The van der Waals surface area contributed by atoms with E-state index in [1.165, 1.54) is 0 Å². The molecule has 1 aliphatic rings. The van der Waals surface area contributed by atoms with Gasteiger partial charge in [-0.1, -0.05) is 6.07 Å². The van der Waals surface area contributed by atoms with E-state index in [1.54, 1.807) is 25.4 Å². The quantitative estimate of drug-likeness (QED) is 0.268. The number of nitrogens with zero attached hydrogens (tertiary/aromatic N) is 3. The molecule has 2 aromatic heterocycles. The molecule has 194 valence electrons. The molecule has 5 rings (SSSR count). The second kappa shape index (κ2) is 10.6. The topological polar surface area (TPSA) is 110 Å². The smallest absolute Gasteiger partial charge is 0.261 e. The summed E-state index contributed by atoms with van der Waals surface area (Å²) >= 11 is 3.46. The number of hydrogen-bond donors (Lipinski definition) is 4. The Labute approximate surface area is 223 Å². The zero-order chi connectivity index (χ0) is 26.1. The monoisotopic (exact) mass is 566 g/mol. The fraction of sp³-hybridized carbons (Fsp3) is 0.333. The maximum atomic E-state index is 12.9. The van der Waals surface area contributed by atoms with Crippen molar-refractivity contribution < 1.29 is 9.84 Å². The van der Waals surface area contributed by atoms with Gasteiger partial charge < -0.3 is 34.9 Å². The van der Waals surface area contributed by atoms with Gasteiger partial charge in [-0.2, -0.15) is 0 Å². The van der Waals surface area contributed by atoms with Crippen molar-refractivity contribution in [1.82, 2.24) is 19.9 Å². The van der Waals surface area contributed by atoms with E-state index < -0.39 is 6.10 Å². The second-order valence-electron chi connectivity index (χ2n) is 9.42. The molecule has 0 unspecified atom stereocenters. The molecule has 0 spiro atoms. The lowest BCUT2D eigenvalue weighted by molar-refractivity contribution is 0.191. The summed E-state index contributed by atoms with van der Waals surface area (Å²) in [5, 5.41) is 14.0. The van der Waals surface area contributed by atoms with E-state index in [0.717, 1.165) is 58.5 Å². The number of nitrogens with one attached hydrogen (secondary N) is 3. The van der Waals surface area contributed by atoms with Crippen molar-refractivity contribution >= 4 is 38.3 Å². The Morgan fingerprint density at radius 2 is 1.97 bits per heavy atom. The molecule has 1 saturated heterocycles. The van der Waals surface area contributed by atoms with Crippen molar-refractivity contribution in [1.29, 1.82) is 0 Å². The molecule has 1 aliphatic heterocycles. The van der Waals surface area contributed by atoms with Crippen molar-refractivity contribution in [2.45, 2.75) is 13.0 Å². The molecule has 9 nitrogen and oxygen atoms in total. The second-order valence-corrected chi connectivity index (χ2v) is 10.3. The van der Waals surface area contributed by atoms with Crippen LogP contribution in [0.15, 0.2) is 51.9 Å². The molecule has 4 N–H and O–H groups in total.